The Hall–Kier alpha value is -3.61. The summed E-state index contributed by atoms with van der Waals surface area (Å²) in [5, 5.41) is 30.0. The molecule has 2 aromatic heterocycles. The highest BCUT2D eigenvalue weighted by atomic mass is 35.5. The molecule has 33 heavy (non-hydrogen) atoms. The summed E-state index contributed by atoms with van der Waals surface area (Å²) < 4.78 is 23.6. The van der Waals surface area contributed by atoms with E-state index < -0.39 is 15.9 Å². The molecule has 0 bridgehead atoms. The van der Waals surface area contributed by atoms with Crippen molar-refractivity contribution in [2.75, 3.05) is 23.5 Å². The third-order valence-corrected chi connectivity index (χ3v) is 6.25. The van der Waals surface area contributed by atoms with Gasteiger partial charge in [-0.15, -0.1) is 5.10 Å². The van der Waals surface area contributed by atoms with Gasteiger partial charge in [-0.05, 0) is 34.2 Å². The highest BCUT2D eigenvalue weighted by Crippen LogP contribution is 2.29. The van der Waals surface area contributed by atoms with E-state index in [1.165, 1.54) is 18.3 Å². The number of halogens is 1. The summed E-state index contributed by atoms with van der Waals surface area (Å²) in [7, 11) is -3.45. The van der Waals surface area contributed by atoms with Crippen molar-refractivity contribution < 1.29 is 13.5 Å². The van der Waals surface area contributed by atoms with Gasteiger partial charge in [0.25, 0.3) is 0 Å². The maximum atomic E-state index is 11.8. The Bertz CT molecular complexity index is 1350. The minimum atomic E-state index is -3.45. The molecular formula is C20H19ClN8O3S. The highest BCUT2D eigenvalue weighted by Gasteiger charge is 2.18. The molecule has 4 aromatic rings. The molecule has 2 aromatic carbocycles. The first-order valence-electron chi connectivity index (χ1n) is 9.65. The average Bonchev–Trinajstić information content (AvgIpc) is 3.32. The number of rotatable bonds is 8. The van der Waals surface area contributed by atoms with Crippen molar-refractivity contribution >= 4 is 38.9 Å². The van der Waals surface area contributed by atoms with Gasteiger partial charge in [0.15, 0.2) is 15.7 Å². The summed E-state index contributed by atoms with van der Waals surface area (Å²) in [5.74, 6) is 0.920. The monoisotopic (exact) mass is 486 g/mol. The second-order valence-corrected chi connectivity index (χ2v) is 9.43. The van der Waals surface area contributed by atoms with E-state index in [2.05, 4.69) is 41.2 Å². The van der Waals surface area contributed by atoms with Crippen LogP contribution in [0, 0.1) is 0 Å². The Morgan fingerprint density at radius 3 is 2.61 bits per heavy atom. The Labute approximate surface area is 194 Å². The fraction of sp³-hybridized carbons (Fsp3) is 0.150. The van der Waals surface area contributed by atoms with Gasteiger partial charge in [-0.25, -0.2) is 18.5 Å². The highest BCUT2D eigenvalue weighted by molar-refractivity contribution is 7.90. The minimum absolute atomic E-state index is 0.0276. The first-order valence-corrected chi connectivity index (χ1v) is 11.9. The van der Waals surface area contributed by atoms with Crippen molar-refractivity contribution in [3.05, 3.63) is 65.3 Å². The molecule has 0 fully saturated rings. The number of aliphatic hydroxyl groups is 1. The molecule has 4 N–H and O–H groups in total. The lowest BCUT2D eigenvalue weighted by molar-refractivity contribution is 0.276. The number of aromatic amines is 1. The lowest BCUT2D eigenvalue weighted by Crippen LogP contribution is -2.17. The van der Waals surface area contributed by atoms with Crippen molar-refractivity contribution in [3.63, 3.8) is 0 Å². The van der Waals surface area contributed by atoms with Gasteiger partial charge < -0.3 is 15.7 Å². The molecule has 0 radical (unpaired) electrons. The van der Waals surface area contributed by atoms with E-state index in [1.54, 1.807) is 6.07 Å². The third-order valence-electron chi connectivity index (χ3n) is 4.67. The summed E-state index contributed by atoms with van der Waals surface area (Å²) in [6.45, 7) is -0.187. The Morgan fingerprint density at radius 1 is 1.18 bits per heavy atom. The van der Waals surface area contributed by atoms with E-state index in [-0.39, 0.29) is 22.5 Å². The number of aliphatic hydroxyl groups excluding tert-OH is 1. The fourth-order valence-electron chi connectivity index (χ4n) is 3.09. The second-order valence-electron chi connectivity index (χ2n) is 7.04. The predicted molar refractivity (Wildman–Crippen MR) is 123 cm³/mol. The molecule has 0 aliphatic carbocycles. The number of nitrogens with zero attached hydrogens (tertiary/aromatic N) is 5. The zero-order chi connectivity index (χ0) is 23.4. The molecule has 2 heterocycles. The molecule has 11 nitrogen and oxygen atoms in total. The number of H-pyrrole nitrogens is 1. The number of hydrogen-bond acceptors (Lipinski definition) is 10. The number of aromatic nitrogens is 6. The molecule has 0 amide bonds. The predicted octanol–water partition coefficient (Wildman–Crippen LogP) is 2.60. The van der Waals surface area contributed by atoms with Crippen molar-refractivity contribution in [2.45, 2.75) is 10.9 Å². The zero-order valence-corrected chi connectivity index (χ0v) is 18.8. The molecule has 0 saturated heterocycles. The van der Waals surface area contributed by atoms with Crippen molar-refractivity contribution in [1.82, 2.24) is 30.6 Å². The van der Waals surface area contributed by atoms with Crippen LogP contribution in [0.3, 0.4) is 0 Å². The molecule has 13 heteroatoms. The van der Waals surface area contributed by atoms with Gasteiger partial charge in [0, 0.05) is 18.1 Å². The molecule has 0 unspecified atom stereocenters. The van der Waals surface area contributed by atoms with Crippen LogP contribution in [0.15, 0.2) is 59.6 Å². The molecule has 0 saturated carbocycles. The lowest BCUT2D eigenvalue weighted by atomic mass is 10.1. The molecule has 1 atom stereocenters. The number of sulfone groups is 1. The minimum Gasteiger partial charge on any atom is -0.394 e. The van der Waals surface area contributed by atoms with Gasteiger partial charge in [-0.3, -0.25) is 0 Å². The van der Waals surface area contributed by atoms with Gasteiger partial charge in [0.05, 0.1) is 28.1 Å². The smallest absolute Gasteiger partial charge is 0.229 e. The van der Waals surface area contributed by atoms with Gasteiger partial charge in [-0.2, -0.15) is 4.98 Å². The quantitative estimate of drug-likeness (QED) is 0.291. The van der Waals surface area contributed by atoms with Crippen molar-refractivity contribution in [1.29, 1.82) is 0 Å². The fourth-order valence-corrected chi connectivity index (χ4v) is 4.42. The molecule has 4 rings (SSSR count). The number of anilines is 3. The van der Waals surface area contributed by atoms with E-state index in [0.29, 0.717) is 22.9 Å². The van der Waals surface area contributed by atoms with Gasteiger partial charge in [0.2, 0.25) is 5.95 Å². The molecule has 0 aliphatic rings. The van der Waals surface area contributed by atoms with E-state index in [9.17, 15) is 13.5 Å². The molecule has 170 valence electrons. The maximum absolute atomic E-state index is 11.8. The topological polar surface area (TPSA) is 159 Å². The number of hydrogen-bond donors (Lipinski definition) is 4. The first-order chi connectivity index (χ1) is 15.8. The normalized spacial score (nSPS) is 12.3. The maximum Gasteiger partial charge on any atom is 0.229 e. The van der Waals surface area contributed by atoms with Gasteiger partial charge >= 0.3 is 0 Å². The Morgan fingerprint density at radius 2 is 1.97 bits per heavy atom. The van der Waals surface area contributed by atoms with Crippen LogP contribution in [-0.4, -0.2) is 57.0 Å². The summed E-state index contributed by atoms with van der Waals surface area (Å²) in [4.78, 5) is 8.84. The molecular weight excluding hydrogens is 468 g/mol. The molecule has 0 aliphatic heterocycles. The average molecular weight is 487 g/mol. The van der Waals surface area contributed by atoms with Crippen LogP contribution < -0.4 is 10.6 Å². The first kappa shape index (κ1) is 22.6. The van der Waals surface area contributed by atoms with Crippen LogP contribution in [0.5, 0.6) is 0 Å². The van der Waals surface area contributed by atoms with Crippen molar-refractivity contribution in [2.24, 2.45) is 0 Å². The number of benzene rings is 2. The lowest BCUT2D eigenvalue weighted by Gasteiger charge is -2.19. The van der Waals surface area contributed by atoms with Gasteiger partial charge in [0.1, 0.15) is 5.82 Å². The Kier molecular flexibility index (Phi) is 6.49. The summed E-state index contributed by atoms with van der Waals surface area (Å²) >= 11 is 6.13. The second kappa shape index (κ2) is 9.48. The van der Waals surface area contributed by atoms with Crippen LogP contribution in [0.25, 0.3) is 11.4 Å². The van der Waals surface area contributed by atoms with Crippen LogP contribution in [-0.2, 0) is 9.84 Å². The van der Waals surface area contributed by atoms with Crippen LogP contribution in [0.1, 0.15) is 11.6 Å². The van der Waals surface area contributed by atoms with Crippen molar-refractivity contribution in [3.8, 4) is 11.4 Å². The SMILES string of the molecule is CS(=O)(=O)c1ccc(Nc2ncc(-c3nnn[nH]3)c(N[C@H](CO)c3ccccc3)n2)cc1Cl. The van der Waals surface area contributed by atoms with Crippen LogP contribution in [0.4, 0.5) is 17.5 Å². The van der Waals surface area contributed by atoms with Gasteiger partial charge in [-0.1, -0.05) is 41.9 Å². The van der Waals surface area contributed by atoms with E-state index >= 15 is 0 Å². The van der Waals surface area contributed by atoms with E-state index in [1.807, 2.05) is 30.3 Å². The number of nitrogens with one attached hydrogen (secondary N) is 3. The number of tetrazole rings is 1. The van der Waals surface area contributed by atoms with E-state index in [4.69, 9.17) is 11.6 Å². The molecule has 0 spiro atoms. The largest absolute Gasteiger partial charge is 0.394 e. The summed E-state index contributed by atoms with van der Waals surface area (Å²) in [6.07, 6.45) is 2.61. The van der Waals surface area contributed by atoms with Crippen LogP contribution >= 0.6 is 11.6 Å². The zero-order valence-electron chi connectivity index (χ0n) is 17.3. The Balaban J connectivity index is 1.67. The third kappa shape index (κ3) is 5.25. The van der Waals surface area contributed by atoms with E-state index in [0.717, 1.165) is 11.8 Å². The standard InChI is InChI=1S/C20H19ClN8O3S/c1-33(31,32)17-8-7-13(9-15(17)21)23-20-22-10-14(19-26-28-29-27-19)18(25-20)24-16(11-30)12-5-3-2-4-6-12/h2-10,16,30H,11H2,1H3,(H2,22,23,24,25)(H,26,27,28,29)/t16-/m1/s1. The summed E-state index contributed by atoms with van der Waals surface area (Å²) in [5.41, 5.74) is 1.84. The summed E-state index contributed by atoms with van der Waals surface area (Å²) in [6, 6.07) is 13.4. The van der Waals surface area contributed by atoms with Crippen LogP contribution in [0.2, 0.25) is 5.02 Å².